The molecule has 1 aliphatic carbocycles. The predicted octanol–water partition coefficient (Wildman–Crippen LogP) is 5.05. The lowest BCUT2D eigenvalue weighted by Crippen LogP contribution is -2.19. The van der Waals surface area contributed by atoms with Gasteiger partial charge >= 0.3 is 0 Å². The third-order valence-electron chi connectivity index (χ3n) is 4.78. The number of alkyl halides is 1. The van der Waals surface area contributed by atoms with Gasteiger partial charge in [-0.25, -0.2) is 9.37 Å². The molecule has 0 amide bonds. The minimum Gasteiger partial charge on any atom is -0.327 e. The molecule has 0 bridgehead atoms. The van der Waals surface area contributed by atoms with Crippen LogP contribution in [0.15, 0.2) is 12.1 Å². The van der Waals surface area contributed by atoms with E-state index < -0.39 is 5.82 Å². The van der Waals surface area contributed by atoms with Gasteiger partial charge < -0.3 is 4.57 Å². The predicted molar refractivity (Wildman–Crippen MR) is 85.6 cm³/mol. The van der Waals surface area contributed by atoms with Crippen LogP contribution in [0.2, 0.25) is 5.02 Å². The molecule has 2 nitrogen and oxygen atoms in total. The summed E-state index contributed by atoms with van der Waals surface area (Å²) in [6.45, 7) is 5.39. The van der Waals surface area contributed by atoms with Gasteiger partial charge in [0.05, 0.1) is 16.1 Å². The van der Waals surface area contributed by atoms with Crippen molar-refractivity contribution < 1.29 is 4.39 Å². The second kappa shape index (κ2) is 5.44. The van der Waals surface area contributed by atoms with E-state index >= 15 is 0 Å². The number of imidazole rings is 1. The monoisotopic (exact) mass is 328 g/mol. The lowest BCUT2D eigenvalue weighted by molar-refractivity contribution is 0.309. The normalized spacial score (nSPS) is 16.9. The van der Waals surface area contributed by atoms with Crippen LogP contribution in [0.25, 0.3) is 11.0 Å². The Kier molecular flexibility index (Phi) is 3.91. The summed E-state index contributed by atoms with van der Waals surface area (Å²) in [7, 11) is 0. The summed E-state index contributed by atoms with van der Waals surface area (Å²) in [5, 5.41) is 0.120. The van der Waals surface area contributed by atoms with Crippen molar-refractivity contribution in [2.24, 2.45) is 11.3 Å². The number of rotatable bonds is 5. The van der Waals surface area contributed by atoms with Gasteiger partial charge in [-0.15, -0.1) is 11.6 Å². The Bertz CT molecular complexity index is 674. The highest BCUT2D eigenvalue weighted by molar-refractivity contribution is 6.31. The van der Waals surface area contributed by atoms with Crippen molar-refractivity contribution in [2.75, 3.05) is 5.88 Å². The van der Waals surface area contributed by atoms with E-state index in [9.17, 15) is 4.39 Å². The van der Waals surface area contributed by atoms with Crippen LogP contribution < -0.4 is 0 Å². The average Bonchev–Trinajstić information content (AvgIpc) is 3.14. The fourth-order valence-corrected chi connectivity index (χ4v) is 3.34. The van der Waals surface area contributed by atoms with Crippen LogP contribution in [0, 0.1) is 17.2 Å². The van der Waals surface area contributed by atoms with Crippen molar-refractivity contribution in [2.45, 2.75) is 39.7 Å². The molecular formula is C16H19Cl2FN2. The molecule has 2 aromatic rings. The maximum absolute atomic E-state index is 13.8. The van der Waals surface area contributed by atoms with Gasteiger partial charge in [0, 0.05) is 24.9 Å². The molecule has 0 N–H and O–H groups in total. The lowest BCUT2D eigenvalue weighted by atomic mass is 9.92. The van der Waals surface area contributed by atoms with Gasteiger partial charge in [-0.2, -0.15) is 0 Å². The Balaban J connectivity index is 2.09. The zero-order valence-electron chi connectivity index (χ0n) is 12.3. The van der Waals surface area contributed by atoms with Crippen molar-refractivity contribution in [3.05, 3.63) is 28.8 Å². The zero-order valence-corrected chi connectivity index (χ0v) is 13.8. The first-order chi connectivity index (χ1) is 9.97. The SMILES string of the molecule is CC(C)C1(Cn2c(CCCl)nc3cc(Cl)c(F)cc32)CC1. The molecule has 0 radical (unpaired) electrons. The third-order valence-corrected chi connectivity index (χ3v) is 5.26. The van der Waals surface area contributed by atoms with Crippen molar-refractivity contribution >= 4 is 34.2 Å². The molecule has 0 saturated heterocycles. The highest BCUT2D eigenvalue weighted by Gasteiger charge is 2.46. The van der Waals surface area contributed by atoms with Gasteiger partial charge in [0.25, 0.3) is 0 Å². The van der Waals surface area contributed by atoms with Crippen LogP contribution in [0.4, 0.5) is 4.39 Å². The fraction of sp³-hybridized carbons (Fsp3) is 0.562. The first-order valence-electron chi connectivity index (χ1n) is 7.37. The number of aromatic nitrogens is 2. The minimum absolute atomic E-state index is 0.120. The quantitative estimate of drug-likeness (QED) is 0.702. The van der Waals surface area contributed by atoms with Crippen LogP contribution in [0.5, 0.6) is 0 Å². The van der Waals surface area contributed by atoms with Gasteiger partial charge in [-0.05, 0) is 30.2 Å². The zero-order chi connectivity index (χ0) is 15.2. The summed E-state index contributed by atoms with van der Waals surface area (Å²) in [5.74, 6) is 1.65. The van der Waals surface area contributed by atoms with E-state index in [2.05, 4.69) is 23.4 Å². The van der Waals surface area contributed by atoms with Crippen LogP contribution in [-0.4, -0.2) is 15.4 Å². The smallest absolute Gasteiger partial charge is 0.144 e. The number of hydrogen-bond donors (Lipinski definition) is 0. The fourth-order valence-electron chi connectivity index (χ4n) is 3.02. The Morgan fingerprint density at radius 3 is 2.67 bits per heavy atom. The molecular weight excluding hydrogens is 310 g/mol. The molecule has 114 valence electrons. The van der Waals surface area contributed by atoms with Crippen LogP contribution in [0.3, 0.4) is 0 Å². The van der Waals surface area contributed by atoms with E-state index in [0.717, 1.165) is 23.4 Å². The number of nitrogens with zero attached hydrogens (tertiary/aromatic N) is 2. The number of hydrogen-bond acceptors (Lipinski definition) is 1. The molecule has 1 aromatic carbocycles. The summed E-state index contributed by atoms with van der Waals surface area (Å²) in [6.07, 6.45) is 3.13. The van der Waals surface area contributed by atoms with Crippen LogP contribution >= 0.6 is 23.2 Å². The number of halogens is 3. The molecule has 21 heavy (non-hydrogen) atoms. The van der Waals surface area contributed by atoms with E-state index in [4.69, 9.17) is 23.2 Å². The largest absolute Gasteiger partial charge is 0.327 e. The molecule has 0 unspecified atom stereocenters. The van der Waals surface area contributed by atoms with E-state index in [0.29, 0.717) is 23.6 Å². The maximum Gasteiger partial charge on any atom is 0.144 e. The van der Waals surface area contributed by atoms with E-state index in [-0.39, 0.29) is 5.02 Å². The molecule has 1 aliphatic rings. The topological polar surface area (TPSA) is 17.8 Å². The number of benzene rings is 1. The van der Waals surface area contributed by atoms with Gasteiger partial charge in [-0.3, -0.25) is 0 Å². The Morgan fingerprint density at radius 2 is 2.10 bits per heavy atom. The lowest BCUT2D eigenvalue weighted by Gasteiger charge is -2.22. The van der Waals surface area contributed by atoms with E-state index in [1.165, 1.54) is 18.9 Å². The van der Waals surface area contributed by atoms with Crippen LogP contribution in [0.1, 0.15) is 32.5 Å². The van der Waals surface area contributed by atoms with E-state index in [1.54, 1.807) is 6.07 Å². The molecule has 0 atom stereocenters. The second-order valence-corrected chi connectivity index (χ2v) is 7.11. The first kappa shape index (κ1) is 15.1. The molecule has 1 saturated carbocycles. The molecule has 1 heterocycles. The van der Waals surface area contributed by atoms with Crippen molar-refractivity contribution in [1.29, 1.82) is 0 Å². The van der Waals surface area contributed by atoms with Gasteiger partial charge in [0.1, 0.15) is 11.6 Å². The molecule has 3 rings (SSSR count). The number of fused-ring (bicyclic) bond motifs is 1. The van der Waals surface area contributed by atoms with E-state index in [1.807, 2.05) is 0 Å². The van der Waals surface area contributed by atoms with Crippen LogP contribution in [-0.2, 0) is 13.0 Å². The molecule has 5 heteroatoms. The first-order valence-corrected chi connectivity index (χ1v) is 8.28. The Morgan fingerprint density at radius 1 is 1.38 bits per heavy atom. The van der Waals surface area contributed by atoms with Crippen molar-refractivity contribution in [3.63, 3.8) is 0 Å². The van der Waals surface area contributed by atoms with Crippen molar-refractivity contribution in [1.82, 2.24) is 9.55 Å². The molecule has 1 fully saturated rings. The van der Waals surface area contributed by atoms with Crippen molar-refractivity contribution in [3.8, 4) is 0 Å². The summed E-state index contributed by atoms with van der Waals surface area (Å²) in [5.41, 5.74) is 1.90. The third kappa shape index (κ3) is 2.66. The van der Waals surface area contributed by atoms with Gasteiger partial charge in [0.2, 0.25) is 0 Å². The summed E-state index contributed by atoms with van der Waals surface area (Å²) in [4.78, 5) is 4.60. The van der Waals surface area contributed by atoms with Gasteiger partial charge in [0.15, 0.2) is 0 Å². The number of aryl methyl sites for hydroxylation is 1. The summed E-state index contributed by atoms with van der Waals surface area (Å²) in [6, 6.07) is 3.11. The highest BCUT2D eigenvalue weighted by Crippen LogP contribution is 2.53. The summed E-state index contributed by atoms with van der Waals surface area (Å²) >= 11 is 11.8. The van der Waals surface area contributed by atoms with Gasteiger partial charge in [-0.1, -0.05) is 25.4 Å². The Labute approximate surface area is 134 Å². The summed E-state index contributed by atoms with van der Waals surface area (Å²) < 4.78 is 16.0. The average molecular weight is 329 g/mol. The molecule has 1 aromatic heterocycles. The molecule has 0 spiro atoms. The molecule has 0 aliphatic heterocycles. The highest BCUT2D eigenvalue weighted by atomic mass is 35.5. The Hall–Kier alpha value is -0.800. The minimum atomic E-state index is -0.392. The standard InChI is InChI=1S/C16H19Cl2FN2/c1-10(2)16(4-5-16)9-21-14-8-12(19)11(18)7-13(14)20-15(21)3-6-17/h7-8,10H,3-6,9H2,1-2H3. The maximum atomic E-state index is 13.8. The second-order valence-electron chi connectivity index (χ2n) is 6.33.